The van der Waals surface area contributed by atoms with Gasteiger partial charge in [0.25, 0.3) is 0 Å². The Hall–Kier alpha value is -1.75. The van der Waals surface area contributed by atoms with Gasteiger partial charge in [0, 0.05) is 6.54 Å². The van der Waals surface area contributed by atoms with E-state index >= 15 is 0 Å². The van der Waals surface area contributed by atoms with E-state index in [0.29, 0.717) is 18.1 Å². The van der Waals surface area contributed by atoms with Crippen LogP contribution >= 0.6 is 0 Å². The Morgan fingerprint density at radius 2 is 2.11 bits per heavy atom. The van der Waals surface area contributed by atoms with Crippen molar-refractivity contribution in [1.29, 1.82) is 0 Å². The molecule has 0 aliphatic carbocycles. The lowest BCUT2D eigenvalue weighted by Crippen LogP contribution is -2.25. The molecule has 1 aromatic carbocycles. The van der Waals surface area contributed by atoms with Crippen LogP contribution in [0.1, 0.15) is 19.4 Å². The SMILES string of the molecule is CCOc1cc(CNC)ccc1OCC(C)C(N)=O. The predicted molar refractivity (Wildman–Crippen MR) is 74.2 cm³/mol. The molecule has 0 aromatic heterocycles. The first kappa shape index (κ1) is 15.3. The summed E-state index contributed by atoms with van der Waals surface area (Å²) in [6.07, 6.45) is 0. The van der Waals surface area contributed by atoms with Gasteiger partial charge in [-0.15, -0.1) is 0 Å². The summed E-state index contributed by atoms with van der Waals surface area (Å²) in [7, 11) is 1.89. The zero-order valence-electron chi connectivity index (χ0n) is 11.7. The van der Waals surface area contributed by atoms with Crippen molar-refractivity contribution in [3.8, 4) is 11.5 Å². The third-order valence-electron chi connectivity index (χ3n) is 2.66. The summed E-state index contributed by atoms with van der Waals surface area (Å²) < 4.78 is 11.1. The minimum atomic E-state index is -0.371. The number of hydrogen-bond acceptors (Lipinski definition) is 4. The van der Waals surface area contributed by atoms with Crippen LogP contribution in [0, 0.1) is 5.92 Å². The molecule has 0 saturated heterocycles. The summed E-state index contributed by atoms with van der Waals surface area (Å²) in [6, 6.07) is 5.75. The van der Waals surface area contributed by atoms with Crippen molar-refractivity contribution in [2.24, 2.45) is 11.7 Å². The summed E-state index contributed by atoms with van der Waals surface area (Å²) >= 11 is 0. The zero-order chi connectivity index (χ0) is 14.3. The van der Waals surface area contributed by atoms with Crippen LogP contribution in [0.15, 0.2) is 18.2 Å². The normalized spacial score (nSPS) is 11.9. The van der Waals surface area contributed by atoms with Crippen LogP contribution in [0.3, 0.4) is 0 Å². The molecule has 3 N–H and O–H groups in total. The Labute approximate surface area is 114 Å². The number of benzene rings is 1. The van der Waals surface area contributed by atoms with E-state index < -0.39 is 0 Å². The number of amides is 1. The van der Waals surface area contributed by atoms with Gasteiger partial charge in [-0.05, 0) is 31.7 Å². The highest BCUT2D eigenvalue weighted by atomic mass is 16.5. The number of nitrogens with two attached hydrogens (primary N) is 1. The molecule has 5 nitrogen and oxygen atoms in total. The molecule has 1 rings (SSSR count). The lowest BCUT2D eigenvalue weighted by atomic mass is 10.2. The van der Waals surface area contributed by atoms with Crippen molar-refractivity contribution < 1.29 is 14.3 Å². The average molecular weight is 266 g/mol. The van der Waals surface area contributed by atoms with E-state index in [1.165, 1.54) is 0 Å². The average Bonchev–Trinajstić information content (AvgIpc) is 2.38. The molecule has 0 fully saturated rings. The van der Waals surface area contributed by atoms with E-state index in [1.54, 1.807) is 6.92 Å². The number of carbonyl (C=O) groups is 1. The number of carbonyl (C=O) groups excluding carboxylic acids is 1. The number of primary amides is 1. The van der Waals surface area contributed by atoms with Crippen molar-refractivity contribution in [2.45, 2.75) is 20.4 Å². The highest BCUT2D eigenvalue weighted by molar-refractivity contribution is 5.76. The monoisotopic (exact) mass is 266 g/mol. The largest absolute Gasteiger partial charge is 0.490 e. The van der Waals surface area contributed by atoms with Gasteiger partial charge in [0.1, 0.15) is 0 Å². The predicted octanol–water partition coefficient (Wildman–Crippen LogP) is 1.30. The molecule has 0 heterocycles. The minimum absolute atomic E-state index is 0.251. The van der Waals surface area contributed by atoms with E-state index in [0.717, 1.165) is 12.1 Å². The van der Waals surface area contributed by atoms with Crippen LogP contribution in [-0.4, -0.2) is 26.2 Å². The fourth-order valence-electron chi connectivity index (χ4n) is 1.55. The van der Waals surface area contributed by atoms with Gasteiger partial charge in [-0.3, -0.25) is 4.79 Å². The summed E-state index contributed by atoms with van der Waals surface area (Å²) in [4.78, 5) is 11.0. The highest BCUT2D eigenvalue weighted by Gasteiger charge is 2.12. The zero-order valence-corrected chi connectivity index (χ0v) is 11.7. The van der Waals surface area contributed by atoms with E-state index in [1.807, 2.05) is 32.2 Å². The van der Waals surface area contributed by atoms with Gasteiger partial charge in [0.15, 0.2) is 11.5 Å². The first-order valence-electron chi connectivity index (χ1n) is 6.40. The molecule has 19 heavy (non-hydrogen) atoms. The third kappa shape index (κ3) is 4.79. The van der Waals surface area contributed by atoms with Crippen LogP contribution in [0.4, 0.5) is 0 Å². The third-order valence-corrected chi connectivity index (χ3v) is 2.66. The van der Waals surface area contributed by atoms with Gasteiger partial charge in [-0.1, -0.05) is 13.0 Å². The Morgan fingerprint density at radius 3 is 2.68 bits per heavy atom. The van der Waals surface area contributed by atoms with Crippen LogP contribution < -0.4 is 20.5 Å². The lowest BCUT2D eigenvalue weighted by molar-refractivity contribution is -0.122. The Bertz CT molecular complexity index is 421. The van der Waals surface area contributed by atoms with Crippen molar-refractivity contribution in [3.63, 3.8) is 0 Å². The molecular formula is C14H22N2O3. The Kier molecular flexibility index (Phi) is 6.15. The van der Waals surface area contributed by atoms with Crippen molar-refractivity contribution >= 4 is 5.91 Å². The van der Waals surface area contributed by atoms with Crippen LogP contribution in [-0.2, 0) is 11.3 Å². The maximum Gasteiger partial charge on any atom is 0.223 e. The van der Waals surface area contributed by atoms with E-state index in [4.69, 9.17) is 15.2 Å². The van der Waals surface area contributed by atoms with E-state index in [9.17, 15) is 4.79 Å². The Morgan fingerprint density at radius 1 is 1.37 bits per heavy atom. The first-order chi connectivity index (χ1) is 9.08. The number of rotatable bonds is 8. The van der Waals surface area contributed by atoms with Crippen LogP contribution in [0.2, 0.25) is 0 Å². The second kappa shape index (κ2) is 7.63. The number of ether oxygens (including phenoxy) is 2. The summed E-state index contributed by atoms with van der Waals surface area (Å²) in [5.74, 6) is 0.623. The van der Waals surface area contributed by atoms with Gasteiger partial charge >= 0.3 is 0 Å². The van der Waals surface area contributed by atoms with Crippen molar-refractivity contribution in [2.75, 3.05) is 20.3 Å². The fraction of sp³-hybridized carbons (Fsp3) is 0.500. The van der Waals surface area contributed by atoms with E-state index in [2.05, 4.69) is 5.32 Å². The topological polar surface area (TPSA) is 73.6 Å². The molecule has 0 saturated carbocycles. The van der Waals surface area contributed by atoms with Gasteiger partial charge in [0.2, 0.25) is 5.91 Å². The minimum Gasteiger partial charge on any atom is -0.490 e. The summed E-state index contributed by atoms with van der Waals surface area (Å²) in [5, 5.41) is 3.08. The Balaban J connectivity index is 2.78. The molecule has 0 bridgehead atoms. The first-order valence-corrected chi connectivity index (χ1v) is 6.40. The molecule has 1 atom stereocenters. The molecule has 106 valence electrons. The number of nitrogens with one attached hydrogen (secondary N) is 1. The molecule has 0 aliphatic heterocycles. The number of hydrogen-bond donors (Lipinski definition) is 2. The van der Waals surface area contributed by atoms with Gasteiger partial charge in [0.05, 0.1) is 19.1 Å². The smallest absolute Gasteiger partial charge is 0.223 e. The quantitative estimate of drug-likeness (QED) is 0.744. The van der Waals surface area contributed by atoms with E-state index in [-0.39, 0.29) is 18.4 Å². The molecule has 0 aliphatic rings. The van der Waals surface area contributed by atoms with Gasteiger partial charge in [-0.2, -0.15) is 0 Å². The summed E-state index contributed by atoms with van der Waals surface area (Å²) in [6.45, 7) is 5.22. The van der Waals surface area contributed by atoms with Gasteiger partial charge < -0.3 is 20.5 Å². The highest BCUT2D eigenvalue weighted by Crippen LogP contribution is 2.28. The maximum atomic E-state index is 11.0. The van der Waals surface area contributed by atoms with Crippen LogP contribution in [0.25, 0.3) is 0 Å². The second-order valence-corrected chi connectivity index (χ2v) is 4.36. The molecule has 5 heteroatoms. The lowest BCUT2D eigenvalue weighted by Gasteiger charge is -2.15. The van der Waals surface area contributed by atoms with Gasteiger partial charge in [-0.25, -0.2) is 0 Å². The molecular weight excluding hydrogens is 244 g/mol. The van der Waals surface area contributed by atoms with Crippen molar-refractivity contribution in [3.05, 3.63) is 23.8 Å². The standard InChI is InChI=1S/C14H22N2O3/c1-4-18-13-7-11(8-16-3)5-6-12(13)19-9-10(2)14(15)17/h5-7,10,16H,4,8-9H2,1-3H3,(H2,15,17). The van der Waals surface area contributed by atoms with Crippen LogP contribution in [0.5, 0.6) is 11.5 Å². The molecule has 0 spiro atoms. The molecule has 0 radical (unpaired) electrons. The van der Waals surface area contributed by atoms with Crippen molar-refractivity contribution in [1.82, 2.24) is 5.32 Å². The molecule has 1 unspecified atom stereocenters. The molecule has 1 amide bonds. The maximum absolute atomic E-state index is 11.0. The second-order valence-electron chi connectivity index (χ2n) is 4.36. The fourth-order valence-corrected chi connectivity index (χ4v) is 1.55. The molecule has 1 aromatic rings. The summed E-state index contributed by atoms with van der Waals surface area (Å²) in [5.41, 5.74) is 6.31.